The van der Waals surface area contributed by atoms with Crippen molar-refractivity contribution in [3.8, 4) is 0 Å². The summed E-state index contributed by atoms with van der Waals surface area (Å²) in [5.74, 6) is -1.21. The smallest absolute Gasteiger partial charge is 0.314 e. The lowest BCUT2D eigenvalue weighted by atomic mass is 9.91. The second kappa shape index (κ2) is 6.04. The SMILES string of the molecule is CC(C)(C)OC1(C)CCCOC1(OC(C)(C)C)OC(C)(C)C. The first-order valence-electron chi connectivity index (χ1n) is 8.32. The van der Waals surface area contributed by atoms with Crippen LogP contribution in [0.1, 0.15) is 82.1 Å². The Hall–Kier alpha value is -0.160. The van der Waals surface area contributed by atoms with Gasteiger partial charge in [0.25, 0.3) is 0 Å². The summed E-state index contributed by atoms with van der Waals surface area (Å²) in [5, 5.41) is 0. The fourth-order valence-electron chi connectivity index (χ4n) is 2.81. The van der Waals surface area contributed by atoms with Gasteiger partial charge in [0, 0.05) is 0 Å². The lowest BCUT2D eigenvalue weighted by Crippen LogP contribution is -2.67. The molecule has 1 saturated heterocycles. The van der Waals surface area contributed by atoms with Crippen LogP contribution in [0.25, 0.3) is 0 Å². The van der Waals surface area contributed by atoms with Crippen molar-refractivity contribution < 1.29 is 18.9 Å². The van der Waals surface area contributed by atoms with E-state index in [1.54, 1.807) is 0 Å². The molecule has 0 aromatic rings. The van der Waals surface area contributed by atoms with Crippen molar-refractivity contribution in [2.24, 2.45) is 0 Å². The largest absolute Gasteiger partial charge is 0.361 e. The minimum Gasteiger partial charge on any atom is -0.361 e. The average Bonchev–Trinajstić information content (AvgIpc) is 2.15. The molecule has 22 heavy (non-hydrogen) atoms. The fraction of sp³-hybridized carbons (Fsp3) is 1.00. The maximum atomic E-state index is 6.40. The lowest BCUT2D eigenvalue weighted by molar-refractivity contribution is -0.496. The van der Waals surface area contributed by atoms with Gasteiger partial charge in [-0.15, -0.1) is 0 Å². The third kappa shape index (κ3) is 5.48. The molecule has 1 heterocycles. The van der Waals surface area contributed by atoms with Gasteiger partial charge in [-0.05, 0) is 82.1 Å². The Morgan fingerprint density at radius 1 is 0.727 bits per heavy atom. The summed E-state index contributed by atoms with van der Waals surface area (Å²) < 4.78 is 25.2. The maximum Gasteiger partial charge on any atom is 0.314 e. The van der Waals surface area contributed by atoms with E-state index < -0.39 is 22.8 Å². The normalized spacial score (nSPS) is 27.0. The van der Waals surface area contributed by atoms with Crippen LogP contribution in [0.3, 0.4) is 0 Å². The van der Waals surface area contributed by atoms with E-state index in [0.29, 0.717) is 6.61 Å². The van der Waals surface area contributed by atoms with Gasteiger partial charge in [0.15, 0.2) is 0 Å². The fourth-order valence-corrected chi connectivity index (χ4v) is 2.81. The molecule has 132 valence electrons. The first-order valence-corrected chi connectivity index (χ1v) is 8.32. The molecule has 0 radical (unpaired) electrons. The summed E-state index contributed by atoms with van der Waals surface area (Å²) >= 11 is 0. The Labute approximate surface area is 136 Å². The van der Waals surface area contributed by atoms with E-state index >= 15 is 0 Å². The monoisotopic (exact) mass is 316 g/mol. The van der Waals surface area contributed by atoms with Crippen molar-refractivity contribution in [3.63, 3.8) is 0 Å². The van der Waals surface area contributed by atoms with Crippen molar-refractivity contribution in [1.29, 1.82) is 0 Å². The van der Waals surface area contributed by atoms with Crippen LogP contribution in [0.5, 0.6) is 0 Å². The van der Waals surface area contributed by atoms with Gasteiger partial charge >= 0.3 is 5.97 Å². The van der Waals surface area contributed by atoms with Crippen LogP contribution in [0.15, 0.2) is 0 Å². The predicted octanol–water partition coefficient (Wildman–Crippen LogP) is 4.65. The molecular weight excluding hydrogens is 280 g/mol. The van der Waals surface area contributed by atoms with Crippen molar-refractivity contribution in [1.82, 2.24) is 0 Å². The third-order valence-electron chi connectivity index (χ3n) is 3.15. The molecule has 0 aromatic heterocycles. The molecule has 1 fully saturated rings. The molecule has 1 aliphatic heterocycles. The molecule has 1 rings (SSSR count). The third-order valence-corrected chi connectivity index (χ3v) is 3.15. The highest BCUT2D eigenvalue weighted by Crippen LogP contribution is 2.46. The molecule has 4 nitrogen and oxygen atoms in total. The highest BCUT2D eigenvalue weighted by atomic mass is 16.9. The highest BCUT2D eigenvalue weighted by molar-refractivity contribution is 4.94. The molecule has 0 saturated carbocycles. The molecule has 1 atom stereocenters. The van der Waals surface area contributed by atoms with Gasteiger partial charge in [-0.25, -0.2) is 0 Å². The standard InChI is InChI=1S/C18H36O4/c1-14(2,3)20-17(10)12-11-13-19-18(17,21-15(4,5)6)22-16(7,8)9/h11-13H2,1-10H3. The van der Waals surface area contributed by atoms with E-state index in [4.69, 9.17) is 18.9 Å². The van der Waals surface area contributed by atoms with Gasteiger partial charge in [0.2, 0.25) is 0 Å². The molecule has 0 N–H and O–H groups in total. The van der Waals surface area contributed by atoms with Crippen LogP contribution in [0.4, 0.5) is 0 Å². The van der Waals surface area contributed by atoms with E-state index in [2.05, 4.69) is 0 Å². The summed E-state index contributed by atoms with van der Waals surface area (Å²) in [6, 6.07) is 0. The zero-order chi connectivity index (χ0) is 17.4. The highest BCUT2D eigenvalue weighted by Gasteiger charge is 2.60. The number of hydrogen-bond acceptors (Lipinski definition) is 4. The summed E-state index contributed by atoms with van der Waals surface area (Å²) in [5.41, 5.74) is -1.82. The van der Waals surface area contributed by atoms with Crippen LogP contribution in [0, 0.1) is 0 Å². The summed E-state index contributed by atoms with van der Waals surface area (Å²) in [4.78, 5) is 0. The van der Waals surface area contributed by atoms with Crippen LogP contribution in [-0.4, -0.2) is 35.0 Å². The molecule has 0 aromatic carbocycles. The molecule has 1 unspecified atom stereocenters. The Kier molecular flexibility index (Phi) is 5.46. The molecular formula is C18H36O4. The molecule has 1 aliphatic rings. The Bertz CT molecular complexity index is 354. The number of ether oxygens (including phenoxy) is 4. The molecule has 0 amide bonds. The van der Waals surface area contributed by atoms with Crippen LogP contribution in [0.2, 0.25) is 0 Å². The van der Waals surface area contributed by atoms with Gasteiger partial charge in [-0.2, -0.15) is 0 Å². The second-order valence-corrected chi connectivity index (χ2v) is 9.38. The van der Waals surface area contributed by atoms with Gasteiger partial charge in [-0.3, -0.25) is 0 Å². The van der Waals surface area contributed by atoms with E-state index in [0.717, 1.165) is 12.8 Å². The second-order valence-electron chi connectivity index (χ2n) is 9.38. The lowest BCUT2D eigenvalue weighted by Gasteiger charge is -2.54. The molecule has 0 aliphatic carbocycles. The predicted molar refractivity (Wildman–Crippen MR) is 88.8 cm³/mol. The van der Waals surface area contributed by atoms with Crippen molar-refractivity contribution in [2.75, 3.05) is 6.61 Å². The van der Waals surface area contributed by atoms with Gasteiger partial charge in [-0.1, -0.05) is 0 Å². The summed E-state index contributed by atoms with van der Waals surface area (Å²) in [7, 11) is 0. The Balaban J connectivity index is 3.28. The van der Waals surface area contributed by atoms with E-state index in [9.17, 15) is 0 Å². The van der Waals surface area contributed by atoms with Gasteiger partial charge < -0.3 is 18.9 Å². The van der Waals surface area contributed by atoms with Gasteiger partial charge in [0.05, 0.1) is 23.4 Å². The summed E-state index contributed by atoms with van der Waals surface area (Å²) in [6.07, 6.45) is 1.76. The van der Waals surface area contributed by atoms with Crippen molar-refractivity contribution >= 4 is 0 Å². The first kappa shape index (κ1) is 19.9. The Morgan fingerprint density at radius 2 is 1.14 bits per heavy atom. The zero-order valence-corrected chi connectivity index (χ0v) is 16.3. The van der Waals surface area contributed by atoms with E-state index in [-0.39, 0.29) is 5.60 Å². The quantitative estimate of drug-likeness (QED) is 0.710. The number of hydrogen-bond donors (Lipinski definition) is 0. The topological polar surface area (TPSA) is 36.9 Å². The maximum absolute atomic E-state index is 6.40. The first-order chi connectivity index (χ1) is 9.58. The van der Waals surface area contributed by atoms with Gasteiger partial charge in [0.1, 0.15) is 5.60 Å². The van der Waals surface area contributed by atoms with E-state index in [1.165, 1.54) is 0 Å². The van der Waals surface area contributed by atoms with Crippen molar-refractivity contribution in [2.45, 2.75) is 110 Å². The molecule has 4 heteroatoms. The van der Waals surface area contributed by atoms with Crippen LogP contribution in [-0.2, 0) is 18.9 Å². The number of rotatable bonds is 3. The van der Waals surface area contributed by atoms with Crippen molar-refractivity contribution in [3.05, 3.63) is 0 Å². The zero-order valence-electron chi connectivity index (χ0n) is 16.3. The van der Waals surface area contributed by atoms with E-state index in [1.807, 2.05) is 69.2 Å². The van der Waals surface area contributed by atoms with Crippen LogP contribution >= 0.6 is 0 Å². The summed E-state index contributed by atoms with van der Waals surface area (Å²) in [6.45, 7) is 20.8. The average molecular weight is 316 g/mol. The minimum absolute atomic E-state index is 0.316. The Morgan fingerprint density at radius 3 is 1.50 bits per heavy atom. The minimum atomic E-state index is -1.21. The van der Waals surface area contributed by atoms with Crippen LogP contribution < -0.4 is 0 Å². The molecule has 0 spiro atoms. The molecule has 0 bridgehead atoms.